The Balaban J connectivity index is 2.52. The molecule has 2 aromatic rings. The Kier molecular flexibility index (Phi) is 4.86. The van der Waals surface area contributed by atoms with Crippen molar-refractivity contribution in [3.8, 4) is 0 Å². The van der Waals surface area contributed by atoms with E-state index in [0.29, 0.717) is 5.92 Å². The summed E-state index contributed by atoms with van der Waals surface area (Å²) in [5, 5.41) is 0. The second-order valence-electron chi connectivity index (χ2n) is 4.95. The van der Waals surface area contributed by atoms with Gasteiger partial charge in [0.05, 0.1) is 0 Å². The predicted octanol–water partition coefficient (Wildman–Crippen LogP) is 1.89. The fraction of sp³-hybridized carbons (Fsp3) is 0.294. The standard InChI is InChI=1S/C17H21IN/c1-13(2)15-10-6-8-12-17(15)19(18-4)16-11-7-5-9-14(16)3/h5-13H,1-4H3/q-1. The van der Waals surface area contributed by atoms with Gasteiger partial charge in [-0.25, -0.2) is 0 Å². The van der Waals surface area contributed by atoms with Crippen LogP contribution in [0.15, 0.2) is 48.5 Å². The summed E-state index contributed by atoms with van der Waals surface area (Å²) in [7, 11) is 0. The van der Waals surface area contributed by atoms with E-state index in [9.17, 15) is 0 Å². The van der Waals surface area contributed by atoms with E-state index in [4.69, 9.17) is 0 Å². The number of halogens is 1. The average molecular weight is 366 g/mol. The molecule has 19 heavy (non-hydrogen) atoms. The number of hydrogen-bond donors (Lipinski definition) is 0. The Morgan fingerprint density at radius 1 is 0.895 bits per heavy atom. The first-order chi connectivity index (χ1) is 9.15. The molecule has 102 valence electrons. The summed E-state index contributed by atoms with van der Waals surface area (Å²) in [4.78, 5) is 2.32. The molecule has 2 heteroatoms. The Morgan fingerprint density at radius 3 is 2.05 bits per heavy atom. The van der Waals surface area contributed by atoms with E-state index < -0.39 is 0 Å². The second-order valence-corrected chi connectivity index (χ2v) is 6.88. The summed E-state index contributed by atoms with van der Waals surface area (Å²) < 4.78 is 2.52. The summed E-state index contributed by atoms with van der Waals surface area (Å²) in [6.07, 6.45) is 0. The van der Waals surface area contributed by atoms with Crippen molar-refractivity contribution in [2.75, 3.05) is 8.04 Å². The van der Waals surface area contributed by atoms with Crippen LogP contribution in [-0.4, -0.2) is 4.93 Å². The van der Waals surface area contributed by atoms with Crippen LogP contribution in [0.25, 0.3) is 0 Å². The summed E-state index contributed by atoms with van der Waals surface area (Å²) in [6.45, 7) is 6.73. The van der Waals surface area contributed by atoms with Crippen molar-refractivity contribution >= 4 is 11.4 Å². The van der Waals surface area contributed by atoms with Crippen LogP contribution in [0.1, 0.15) is 30.9 Å². The zero-order valence-corrected chi connectivity index (χ0v) is 14.2. The van der Waals surface area contributed by atoms with Gasteiger partial charge in [0.15, 0.2) is 0 Å². The molecule has 2 rings (SSSR count). The Morgan fingerprint density at radius 2 is 1.47 bits per heavy atom. The van der Waals surface area contributed by atoms with Gasteiger partial charge in [0.1, 0.15) is 0 Å². The normalized spacial score (nSPS) is 11.0. The first-order valence-electron chi connectivity index (χ1n) is 6.59. The first-order valence-corrected chi connectivity index (χ1v) is 9.71. The number of alkyl halides is 1. The van der Waals surface area contributed by atoms with E-state index in [2.05, 4.69) is 77.3 Å². The van der Waals surface area contributed by atoms with Crippen LogP contribution in [0.5, 0.6) is 0 Å². The van der Waals surface area contributed by atoms with Crippen LogP contribution in [-0.2, 0) is 0 Å². The molecule has 0 fully saturated rings. The number of rotatable bonds is 4. The molecule has 0 bridgehead atoms. The molecule has 0 atom stereocenters. The van der Waals surface area contributed by atoms with Crippen LogP contribution >= 0.6 is 0 Å². The molecule has 0 aliphatic rings. The number of aryl methyl sites for hydroxylation is 1. The van der Waals surface area contributed by atoms with Gasteiger partial charge in [0, 0.05) is 0 Å². The third kappa shape index (κ3) is 3.11. The van der Waals surface area contributed by atoms with Crippen molar-refractivity contribution in [3.63, 3.8) is 0 Å². The van der Waals surface area contributed by atoms with E-state index >= 15 is 0 Å². The van der Waals surface area contributed by atoms with Gasteiger partial charge in [-0.05, 0) is 0 Å². The van der Waals surface area contributed by atoms with Gasteiger partial charge in [-0.3, -0.25) is 0 Å². The molecule has 0 unspecified atom stereocenters. The van der Waals surface area contributed by atoms with Gasteiger partial charge in [-0.1, -0.05) is 0 Å². The van der Waals surface area contributed by atoms with Crippen molar-refractivity contribution < 1.29 is 21.5 Å². The minimum absolute atomic E-state index is 0.0415. The Hall–Kier alpha value is -1.03. The third-order valence-corrected chi connectivity index (χ3v) is 5.27. The van der Waals surface area contributed by atoms with Gasteiger partial charge >= 0.3 is 127 Å². The van der Waals surface area contributed by atoms with Crippen LogP contribution in [0.3, 0.4) is 0 Å². The van der Waals surface area contributed by atoms with Gasteiger partial charge in [0.2, 0.25) is 0 Å². The Bertz CT molecular complexity index is 548. The fourth-order valence-electron chi connectivity index (χ4n) is 2.25. The topological polar surface area (TPSA) is 3.24 Å². The number of nitrogens with zero attached hydrogens (tertiary/aromatic N) is 1. The fourth-order valence-corrected chi connectivity index (χ4v) is 4.27. The molecule has 0 aliphatic carbocycles. The summed E-state index contributed by atoms with van der Waals surface area (Å²) in [6, 6.07) is 17.5. The van der Waals surface area contributed by atoms with Crippen LogP contribution in [0.4, 0.5) is 11.4 Å². The first kappa shape index (κ1) is 14.4. The zero-order valence-electron chi connectivity index (χ0n) is 12.0. The van der Waals surface area contributed by atoms with Crippen LogP contribution in [0.2, 0.25) is 0 Å². The zero-order chi connectivity index (χ0) is 13.8. The molecule has 1 nitrogen and oxygen atoms in total. The van der Waals surface area contributed by atoms with Crippen LogP contribution < -0.4 is 24.6 Å². The van der Waals surface area contributed by atoms with Gasteiger partial charge < -0.3 is 0 Å². The van der Waals surface area contributed by atoms with Gasteiger partial charge in [-0.2, -0.15) is 0 Å². The van der Waals surface area contributed by atoms with E-state index in [0.717, 1.165) is 0 Å². The summed E-state index contributed by atoms with van der Waals surface area (Å²) >= 11 is -0.0415. The number of anilines is 2. The third-order valence-electron chi connectivity index (χ3n) is 3.27. The molecule has 0 aliphatic heterocycles. The summed E-state index contributed by atoms with van der Waals surface area (Å²) in [5.41, 5.74) is 5.52. The van der Waals surface area contributed by atoms with Crippen molar-refractivity contribution in [2.24, 2.45) is 0 Å². The van der Waals surface area contributed by atoms with Crippen molar-refractivity contribution in [1.82, 2.24) is 0 Å². The quantitative estimate of drug-likeness (QED) is 0.454. The molecule has 0 amide bonds. The molecular weight excluding hydrogens is 345 g/mol. The molecule has 0 radical (unpaired) electrons. The van der Waals surface area contributed by atoms with Gasteiger partial charge in [0.25, 0.3) is 0 Å². The number of para-hydroxylation sites is 2. The second kappa shape index (κ2) is 6.42. The molecule has 0 aromatic heterocycles. The monoisotopic (exact) mass is 366 g/mol. The van der Waals surface area contributed by atoms with E-state index in [1.807, 2.05) is 0 Å². The Labute approximate surface area is 127 Å². The molecule has 0 N–H and O–H groups in total. The van der Waals surface area contributed by atoms with Crippen molar-refractivity contribution in [2.45, 2.75) is 26.7 Å². The maximum atomic E-state index is 2.52. The predicted molar refractivity (Wildman–Crippen MR) is 79.8 cm³/mol. The van der Waals surface area contributed by atoms with Gasteiger partial charge in [-0.15, -0.1) is 0 Å². The summed E-state index contributed by atoms with van der Waals surface area (Å²) in [5.74, 6) is 0.554. The van der Waals surface area contributed by atoms with E-state index in [1.165, 1.54) is 22.5 Å². The van der Waals surface area contributed by atoms with E-state index in [-0.39, 0.29) is 21.5 Å². The maximum absolute atomic E-state index is 2.52. The molecule has 0 heterocycles. The van der Waals surface area contributed by atoms with Crippen molar-refractivity contribution in [1.29, 1.82) is 0 Å². The molecule has 0 spiro atoms. The molecular formula is C17H21IN-. The molecule has 0 saturated heterocycles. The van der Waals surface area contributed by atoms with E-state index in [1.54, 1.807) is 0 Å². The number of benzene rings is 2. The number of hydrogen-bond acceptors (Lipinski definition) is 1. The average Bonchev–Trinajstić information content (AvgIpc) is 2.42. The van der Waals surface area contributed by atoms with Crippen LogP contribution in [0, 0.1) is 6.92 Å². The minimum atomic E-state index is -0.0415. The molecule has 2 aromatic carbocycles. The van der Waals surface area contributed by atoms with Crippen molar-refractivity contribution in [3.05, 3.63) is 59.7 Å². The SMILES string of the molecule is C[I-]N(c1ccccc1C)c1ccccc1C(C)C. The molecule has 0 saturated carbocycles.